The molecule has 5 heteroatoms. The predicted molar refractivity (Wildman–Crippen MR) is 60.4 cm³/mol. The summed E-state index contributed by atoms with van der Waals surface area (Å²) in [5, 5.41) is 4.04. The SMILES string of the molecule is NN=Cc1ccc(-n2ccnc2)cc1Cl. The normalized spacial score (nSPS) is 11.0. The molecule has 0 aliphatic carbocycles. The lowest BCUT2D eigenvalue weighted by Gasteiger charge is -2.04. The molecule has 0 saturated carbocycles. The van der Waals surface area contributed by atoms with E-state index in [-0.39, 0.29) is 0 Å². The minimum atomic E-state index is 0.607. The van der Waals surface area contributed by atoms with Gasteiger partial charge in [0, 0.05) is 23.6 Å². The van der Waals surface area contributed by atoms with Crippen LogP contribution in [0.2, 0.25) is 5.02 Å². The first-order valence-corrected chi connectivity index (χ1v) is 4.70. The zero-order chi connectivity index (χ0) is 10.7. The molecule has 1 aromatic heterocycles. The fourth-order valence-electron chi connectivity index (χ4n) is 1.27. The zero-order valence-corrected chi connectivity index (χ0v) is 8.59. The first kappa shape index (κ1) is 9.73. The van der Waals surface area contributed by atoms with E-state index < -0.39 is 0 Å². The highest BCUT2D eigenvalue weighted by molar-refractivity contribution is 6.33. The highest BCUT2D eigenvalue weighted by Crippen LogP contribution is 2.18. The summed E-state index contributed by atoms with van der Waals surface area (Å²) < 4.78 is 1.87. The van der Waals surface area contributed by atoms with Crippen molar-refractivity contribution in [3.05, 3.63) is 47.5 Å². The van der Waals surface area contributed by atoms with Gasteiger partial charge in [-0.2, -0.15) is 5.10 Å². The van der Waals surface area contributed by atoms with E-state index in [4.69, 9.17) is 17.4 Å². The molecule has 0 unspecified atom stereocenters. The van der Waals surface area contributed by atoms with Gasteiger partial charge in [0.25, 0.3) is 0 Å². The molecule has 0 atom stereocenters. The maximum Gasteiger partial charge on any atom is 0.0991 e. The van der Waals surface area contributed by atoms with E-state index in [1.165, 1.54) is 6.21 Å². The minimum Gasteiger partial charge on any atom is -0.323 e. The molecule has 15 heavy (non-hydrogen) atoms. The molecule has 0 fully saturated rings. The Morgan fingerprint density at radius 3 is 2.93 bits per heavy atom. The van der Waals surface area contributed by atoms with Gasteiger partial charge in [0.1, 0.15) is 0 Å². The zero-order valence-electron chi connectivity index (χ0n) is 7.84. The lowest BCUT2D eigenvalue weighted by molar-refractivity contribution is 1.06. The second-order valence-electron chi connectivity index (χ2n) is 2.95. The van der Waals surface area contributed by atoms with Gasteiger partial charge in [-0.1, -0.05) is 11.6 Å². The summed E-state index contributed by atoms with van der Waals surface area (Å²) in [5.41, 5.74) is 1.75. The lowest BCUT2D eigenvalue weighted by Crippen LogP contribution is -1.93. The molecule has 0 radical (unpaired) electrons. The van der Waals surface area contributed by atoms with Crippen LogP contribution in [0.3, 0.4) is 0 Å². The number of rotatable bonds is 2. The molecule has 0 aliphatic rings. The number of hydrogen-bond acceptors (Lipinski definition) is 3. The number of hydrazone groups is 1. The quantitative estimate of drug-likeness (QED) is 0.477. The molecule has 0 aliphatic heterocycles. The summed E-state index contributed by atoms with van der Waals surface area (Å²) in [7, 11) is 0. The molecule has 2 N–H and O–H groups in total. The summed E-state index contributed by atoms with van der Waals surface area (Å²) in [6.07, 6.45) is 6.79. The fourth-order valence-corrected chi connectivity index (χ4v) is 1.50. The van der Waals surface area contributed by atoms with Gasteiger partial charge in [-0.3, -0.25) is 0 Å². The molecule has 1 aromatic carbocycles. The van der Waals surface area contributed by atoms with Crippen molar-refractivity contribution in [2.75, 3.05) is 0 Å². The van der Waals surface area contributed by atoms with Crippen LogP contribution in [0.4, 0.5) is 0 Å². The van der Waals surface area contributed by atoms with Crippen LogP contribution in [-0.2, 0) is 0 Å². The summed E-state index contributed by atoms with van der Waals surface area (Å²) in [5.74, 6) is 5.06. The Morgan fingerprint density at radius 2 is 2.33 bits per heavy atom. The number of benzene rings is 1. The number of aromatic nitrogens is 2. The average molecular weight is 221 g/mol. The van der Waals surface area contributed by atoms with Crippen molar-refractivity contribution in [1.29, 1.82) is 0 Å². The van der Waals surface area contributed by atoms with Crippen LogP contribution in [0, 0.1) is 0 Å². The van der Waals surface area contributed by atoms with Crippen molar-refractivity contribution in [2.45, 2.75) is 0 Å². The van der Waals surface area contributed by atoms with Gasteiger partial charge in [-0.25, -0.2) is 4.98 Å². The number of imidazole rings is 1. The molecule has 0 amide bonds. The number of nitrogens with two attached hydrogens (primary N) is 1. The summed E-state index contributed by atoms with van der Waals surface area (Å²) in [6, 6.07) is 5.61. The minimum absolute atomic E-state index is 0.607. The van der Waals surface area contributed by atoms with Gasteiger partial charge in [0.05, 0.1) is 17.6 Å². The maximum atomic E-state index is 6.04. The number of hydrogen-bond donors (Lipinski definition) is 1. The van der Waals surface area contributed by atoms with E-state index in [1.807, 2.05) is 29.0 Å². The van der Waals surface area contributed by atoms with E-state index in [9.17, 15) is 0 Å². The molecule has 2 aromatic rings. The molecule has 1 heterocycles. The maximum absolute atomic E-state index is 6.04. The number of halogens is 1. The van der Waals surface area contributed by atoms with Crippen LogP contribution in [-0.4, -0.2) is 15.8 Å². The van der Waals surface area contributed by atoms with Crippen molar-refractivity contribution in [2.24, 2.45) is 10.9 Å². The second-order valence-corrected chi connectivity index (χ2v) is 3.36. The third kappa shape index (κ3) is 1.99. The van der Waals surface area contributed by atoms with E-state index >= 15 is 0 Å². The van der Waals surface area contributed by atoms with Crippen molar-refractivity contribution in [3.8, 4) is 5.69 Å². The largest absolute Gasteiger partial charge is 0.323 e. The summed E-state index contributed by atoms with van der Waals surface area (Å²) >= 11 is 6.04. The monoisotopic (exact) mass is 220 g/mol. The topological polar surface area (TPSA) is 56.2 Å². The van der Waals surface area contributed by atoms with Crippen LogP contribution in [0.25, 0.3) is 5.69 Å². The molecule has 0 spiro atoms. The Morgan fingerprint density at radius 1 is 1.47 bits per heavy atom. The molecule has 2 rings (SSSR count). The van der Waals surface area contributed by atoms with Crippen LogP contribution < -0.4 is 5.84 Å². The summed E-state index contributed by atoms with van der Waals surface area (Å²) in [4.78, 5) is 3.96. The third-order valence-corrected chi connectivity index (χ3v) is 2.33. The van der Waals surface area contributed by atoms with Gasteiger partial charge in [0.2, 0.25) is 0 Å². The molecule has 0 saturated heterocycles. The lowest BCUT2D eigenvalue weighted by atomic mass is 10.2. The standard InChI is InChI=1S/C10H9ClN4/c11-10-5-9(15-4-3-13-7-15)2-1-8(10)6-14-12/h1-7H,12H2. The first-order chi connectivity index (χ1) is 7.31. The van der Waals surface area contributed by atoms with Crippen LogP contribution in [0.5, 0.6) is 0 Å². The third-order valence-electron chi connectivity index (χ3n) is 2.00. The van der Waals surface area contributed by atoms with E-state index in [1.54, 1.807) is 12.5 Å². The Balaban J connectivity index is 2.42. The van der Waals surface area contributed by atoms with Crippen molar-refractivity contribution in [3.63, 3.8) is 0 Å². The van der Waals surface area contributed by atoms with Gasteiger partial charge in [-0.15, -0.1) is 0 Å². The Kier molecular flexibility index (Phi) is 2.69. The van der Waals surface area contributed by atoms with Crippen molar-refractivity contribution < 1.29 is 0 Å². The highest BCUT2D eigenvalue weighted by Gasteiger charge is 2.00. The van der Waals surface area contributed by atoms with E-state index in [0.717, 1.165) is 11.3 Å². The van der Waals surface area contributed by atoms with Gasteiger partial charge in [-0.05, 0) is 18.2 Å². The van der Waals surface area contributed by atoms with E-state index in [2.05, 4.69) is 10.1 Å². The van der Waals surface area contributed by atoms with Gasteiger partial charge in [0.15, 0.2) is 0 Å². The van der Waals surface area contributed by atoms with E-state index in [0.29, 0.717) is 5.02 Å². The molecular weight excluding hydrogens is 212 g/mol. The second kappa shape index (κ2) is 4.14. The van der Waals surface area contributed by atoms with Gasteiger partial charge >= 0.3 is 0 Å². The smallest absolute Gasteiger partial charge is 0.0991 e. The predicted octanol–water partition coefficient (Wildman–Crippen LogP) is 1.82. The highest BCUT2D eigenvalue weighted by atomic mass is 35.5. The summed E-state index contributed by atoms with van der Waals surface area (Å²) in [6.45, 7) is 0. The molecular formula is C10H9ClN4. The van der Waals surface area contributed by atoms with Crippen molar-refractivity contribution in [1.82, 2.24) is 9.55 Å². The average Bonchev–Trinajstić information content (AvgIpc) is 2.74. The van der Waals surface area contributed by atoms with Gasteiger partial charge < -0.3 is 10.4 Å². The molecule has 4 nitrogen and oxygen atoms in total. The number of nitrogens with zero attached hydrogens (tertiary/aromatic N) is 3. The van der Waals surface area contributed by atoms with Crippen molar-refractivity contribution >= 4 is 17.8 Å². The fraction of sp³-hybridized carbons (Fsp3) is 0. The Labute approximate surface area is 92.0 Å². The Hall–Kier alpha value is -1.81. The van der Waals surface area contributed by atoms with Crippen LogP contribution in [0.1, 0.15) is 5.56 Å². The first-order valence-electron chi connectivity index (χ1n) is 4.32. The van der Waals surface area contributed by atoms with Crippen LogP contribution >= 0.6 is 11.6 Å². The molecule has 76 valence electrons. The Bertz CT molecular complexity index is 476. The molecule has 0 bridgehead atoms. The van der Waals surface area contributed by atoms with Crippen LogP contribution in [0.15, 0.2) is 42.0 Å².